The summed E-state index contributed by atoms with van der Waals surface area (Å²) >= 11 is 0. The van der Waals surface area contributed by atoms with Crippen LogP contribution in [0, 0.1) is 5.82 Å². The third kappa shape index (κ3) is 7.10. The van der Waals surface area contributed by atoms with Crippen molar-refractivity contribution in [2.45, 2.75) is 56.5 Å². The van der Waals surface area contributed by atoms with Gasteiger partial charge in [-0.05, 0) is 56.5 Å². The van der Waals surface area contributed by atoms with Gasteiger partial charge in [-0.25, -0.2) is 27.9 Å². The highest BCUT2D eigenvalue weighted by atomic mass is 32.2. The first-order chi connectivity index (χ1) is 17.1. The second-order valence-electron chi connectivity index (χ2n) is 8.04. The number of carbonyl (C=O) groups excluding carboxylic acids is 1. The topological polar surface area (TPSA) is 101 Å². The van der Waals surface area contributed by atoms with Crippen molar-refractivity contribution in [2.24, 2.45) is 0 Å². The SMILES string of the molecule is C[C@@H]1CC[C@H](C)N1S(=O)c1ccc(F)cn1.O=CNCc1ccnc(-c2cnc(C(F)(F)F)nc2)c1. The second kappa shape index (κ2) is 12.1. The zero-order chi connectivity index (χ0) is 26.3. The number of rotatable bonds is 6. The molecule has 1 aliphatic heterocycles. The van der Waals surface area contributed by atoms with Crippen LogP contribution in [-0.2, 0) is 28.5 Å². The van der Waals surface area contributed by atoms with E-state index in [1.165, 1.54) is 18.3 Å². The molecule has 8 nitrogen and oxygen atoms in total. The standard InChI is InChI=1S/C12H9F3N4O.C11H15FN2OS/c13-12(14,15)11-18-5-9(6-19-11)10-3-8(1-2-17-10)4-16-7-20;1-8-3-4-9(2)14(8)16(15)11-6-5-10(12)7-13-11/h1-3,5-7H,4H2,(H,16,20);5-9H,3-4H2,1-2H3/t;8-,9+,16?. The van der Waals surface area contributed by atoms with Gasteiger partial charge in [0, 0.05) is 42.8 Å². The molecule has 0 saturated carbocycles. The Morgan fingerprint density at radius 3 is 2.28 bits per heavy atom. The molecule has 3 aromatic heterocycles. The lowest BCUT2D eigenvalue weighted by atomic mass is 10.1. The smallest absolute Gasteiger partial charge is 0.355 e. The minimum absolute atomic E-state index is 0.294. The lowest BCUT2D eigenvalue weighted by Gasteiger charge is -2.23. The largest absolute Gasteiger partial charge is 0.451 e. The zero-order valence-electron chi connectivity index (χ0n) is 19.4. The van der Waals surface area contributed by atoms with Gasteiger partial charge in [-0.3, -0.25) is 9.78 Å². The van der Waals surface area contributed by atoms with Crippen molar-refractivity contribution in [3.8, 4) is 11.3 Å². The Bertz CT molecular complexity index is 1170. The maximum absolute atomic E-state index is 12.7. The molecule has 1 fully saturated rings. The van der Waals surface area contributed by atoms with E-state index in [4.69, 9.17) is 0 Å². The van der Waals surface area contributed by atoms with E-state index >= 15 is 0 Å². The maximum atomic E-state index is 12.7. The summed E-state index contributed by atoms with van der Waals surface area (Å²) in [5.41, 5.74) is 1.57. The van der Waals surface area contributed by atoms with Crippen molar-refractivity contribution in [2.75, 3.05) is 0 Å². The van der Waals surface area contributed by atoms with Crippen molar-refractivity contribution in [3.05, 3.63) is 66.3 Å². The van der Waals surface area contributed by atoms with E-state index in [1.807, 2.05) is 4.31 Å². The van der Waals surface area contributed by atoms with E-state index < -0.39 is 28.8 Å². The number of nitrogens with one attached hydrogen (secondary N) is 1. The molecule has 1 unspecified atom stereocenters. The quantitative estimate of drug-likeness (QED) is 0.388. The summed E-state index contributed by atoms with van der Waals surface area (Å²) < 4.78 is 63.9. The van der Waals surface area contributed by atoms with Gasteiger partial charge in [0.2, 0.25) is 12.2 Å². The third-order valence-corrected chi connectivity index (χ3v) is 7.06. The second-order valence-corrected chi connectivity index (χ2v) is 9.38. The number of amides is 1. The summed E-state index contributed by atoms with van der Waals surface area (Å²) in [6, 6.07) is 6.70. The number of hydrogen-bond donors (Lipinski definition) is 1. The van der Waals surface area contributed by atoms with Gasteiger partial charge < -0.3 is 5.32 Å². The van der Waals surface area contributed by atoms with E-state index in [0.29, 0.717) is 41.3 Å². The van der Waals surface area contributed by atoms with Gasteiger partial charge in [0.1, 0.15) is 21.8 Å². The van der Waals surface area contributed by atoms with Crippen LogP contribution in [0.3, 0.4) is 0 Å². The Hall–Kier alpha value is -3.32. The first kappa shape index (κ1) is 27.3. The van der Waals surface area contributed by atoms with Crippen molar-refractivity contribution in [1.82, 2.24) is 29.6 Å². The predicted molar refractivity (Wildman–Crippen MR) is 124 cm³/mol. The Labute approximate surface area is 207 Å². The van der Waals surface area contributed by atoms with E-state index in [-0.39, 0.29) is 0 Å². The average Bonchev–Trinajstić information content (AvgIpc) is 3.20. The first-order valence-corrected chi connectivity index (χ1v) is 12.0. The van der Waals surface area contributed by atoms with Gasteiger partial charge in [-0.2, -0.15) is 13.2 Å². The van der Waals surface area contributed by atoms with Gasteiger partial charge in [0.15, 0.2) is 0 Å². The molecule has 13 heteroatoms. The van der Waals surface area contributed by atoms with Crippen LogP contribution in [0.25, 0.3) is 11.3 Å². The third-order valence-electron chi connectivity index (χ3n) is 5.36. The summed E-state index contributed by atoms with van der Waals surface area (Å²) in [6.45, 7) is 4.43. The van der Waals surface area contributed by atoms with E-state index in [1.54, 1.807) is 12.1 Å². The molecule has 3 atom stereocenters. The Balaban J connectivity index is 0.000000205. The molecule has 0 radical (unpaired) electrons. The highest BCUT2D eigenvalue weighted by Gasteiger charge is 2.34. The van der Waals surface area contributed by atoms with Gasteiger partial charge in [0.05, 0.1) is 11.9 Å². The highest BCUT2D eigenvalue weighted by molar-refractivity contribution is 7.82. The molecular weight excluding hydrogens is 500 g/mol. The van der Waals surface area contributed by atoms with E-state index in [9.17, 15) is 26.6 Å². The molecule has 3 aromatic rings. The van der Waals surface area contributed by atoms with Crippen molar-refractivity contribution in [1.29, 1.82) is 0 Å². The Morgan fingerprint density at radius 2 is 1.72 bits per heavy atom. The molecule has 4 rings (SSSR count). The van der Waals surface area contributed by atoms with Crippen LogP contribution < -0.4 is 5.32 Å². The van der Waals surface area contributed by atoms with E-state index in [2.05, 4.69) is 39.1 Å². The average molecular weight is 525 g/mol. The van der Waals surface area contributed by atoms with Crippen molar-refractivity contribution in [3.63, 3.8) is 0 Å². The van der Waals surface area contributed by atoms with Crippen LogP contribution in [0.4, 0.5) is 17.6 Å². The molecule has 4 heterocycles. The molecule has 36 heavy (non-hydrogen) atoms. The lowest BCUT2D eigenvalue weighted by Crippen LogP contribution is -2.34. The number of aromatic nitrogens is 4. The summed E-state index contributed by atoms with van der Waals surface area (Å²) in [6.07, 6.45) is 2.82. The molecule has 0 aromatic carbocycles. The first-order valence-electron chi connectivity index (χ1n) is 10.9. The number of pyridine rings is 2. The van der Waals surface area contributed by atoms with Crippen LogP contribution in [-0.4, -0.2) is 46.9 Å². The summed E-state index contributed by atoms with van der Waals surface area (Å²) in [5, 5.41) is 2.92. The molecule has 0 spiro atoms. The molecule has 1 amide bonds. The fourth-order valence-electron chi connectivity index (χ4n) is 3.58. The zero-order valence-corrected chi connectivity index (χ0v) is 20.3. The fraction of sp³-hybridized carbons (Fsp3) is 0.348. The highest BCUT2D eigenvalue weighted by Crippen LogP contribution is 2.28. The fourth-order valence-corrected chi connectivity index (χ4v) is 4.99. The van der Waals surface area contributed by atoms with Gasteiger partial charge >= 0.3 is 6.18 Å². The minimum atomic E-state index is -4.57. The molecule has 1 saturated heterocycles. The van der Waals surface area contributed by atoms with Crippen LogP contribution in [0.5, 0.6) is 0 Å². The number of halogens is 4. The van der Waals surface area contributed by atoms with E-state index in [0.717, 1.165) is 37.0 Å². The monoisotopic (exact) mass is 524 g/mol. The number of alkyl halides is 3. The van der Waals surface area contributed by atoms with Crippen LogP contribution >= 0.6 is 0 Å². The summed E-state index contributed by atoms with van der Waals surface area (Å²) in [7, 11) is -1.27. The Kier molecular flexibility index (Phi) is 9.15. The normalized spacial score (nSPS) is 18.7. The molecule has 0 bridgehead atoms. The molecular formula is C23H24F4N6O2S. The minimum Gasteiger partial charge on any atom is -0.355 e. The number of carbonyl (C=O) groups is 1. The molecule has 0 aliphatic carbocycles. The number of nitrogens with zero attached hydrogens (tertiary/aromatic N) is 5. The van der Waals surface area contributed by atoms with Crippen molar-refractivity contribution < 1.29 is 26.6 Å². The summed E-state index contributed by atoms with van der Waals surface area (Å²) in [4.78, 5) is 24.7. The maximum Gasteiger partial charge on any atom is 0.451 e. The van der Waals surface area contributed by atoms with Gasteiger partial charge in [-0.15, -0.1) is 0 Å². The Morgan fingerprint density at radius 1 is 1.06 bits per heavy atom. The van der Waals surface area contributed by atoms with Gasteiger partial charge in [0.25, 0.3) is 0 Å². The molecule has 1 N–H and O–H groups in total. The number of hydrogen-bond acceptors (Lipinski definition) is 6. The van der Waals surface area contributed by atoms with Crippen LogP contribution in [0.15, 0.2) is 54.1 Å². The van der Waals surface area contributed by atoms with Crippen molar-refractivity contribution >= 4 is 17.4 Å². The van der Waals surface area contributed by atoms with Crippen LogP contribution in [0.2, 0.25) is 0 Å². The summed E-state index contributed by atoms with van der Waals surface area (Å²) in [5.74, 6) is -1.59. The van der Waals surface area contributed by atoms with Gasteiger partial charge in [-0.1, -0.05) is 0 Å². The lowest BCUT2D eigenvalue weighted by molar-refractivity contribution is -0.145. The van der Waals surface area contributed by atoms with Crippen LogP contribution in [0.1, 0.15) is 38.1 Å². The molecule has 1 aliphatic rings. The predicted octanol–water partition coefficient (Wildman–Crippen LogP) is 3.92. The molecule has 192 valence electrons.